The van der Waals surface area contributed by atoms with Crippen LogP contribution in [-0.4, -0.2) is 32.2 Å². The Morgan fingerprint density at radius 2 is 1.74 bits per heavy atom. The van der Waals surface area contributed by atoms with Crippen molar-refractivity contribution in [3.63, 3.8) is 0 Å². The lowest BCUT2D eigenvalue weighted by molar-refractivity contribution is 0.0917. The minimum Gasteiger partial charge on any atom is -0.387 e. The fourth-order valence-corrected chi connectivity index (χ4v) is 2.96. The van der Waals surface area contributed by atoms with Crippen LogP contribution in [0.25, 0.3) is 16.9 Å². The molecule has 0 spiro atoms. The average molecular weight is 358 g/mol. The number of amides is 1. The van der Waals surface area contributed by atoms with Crippen LogP contribution in [0.1, 0.15) is 22.0 Å². The van der Waals surface area contributed by atoms with Crippen LogP contribution in [0, 0.1) is 0 Å². The summed E-state index contributed by atoms with van der Waals surface area (Å²) in [5, 5.41) is 17.3. The molecule has 2 N–H and O–H groups in total. The summed E-state index contributed by atoms with van der Waals surface area (Å²) in [6.45, 7) is 0.110. The Balaban J connectivity index is 1.56. The second kappa shape index (κ2) is 7.39. The lowest BCUT2D eigenvalue weighted by atomic mass is 10.1. The van der Waals surface area contributed by atoms with Crippen LogP contribution in [0.4, 0.5) is 0 Å². The van der Waals surface area contributed by atoms with Crippen LogP contribution >= 0.6 is 0 Å². The summed E-state index contributed by atoms with van der Waals surface area (Å²) in [5.74, 6) is -0.322. The number of carbonyl (C=O) groups excluding carboxylic acids is 1. The Morgan fingerprint density at radius 1 is 1.04 bits per heavy atom. The third kappa shape index (κ3) is 3.43. The summed E-state index contributed by atoms with van der Waals surface area (Å²) in [7, 11) is 0. The summed E-state index contributed by atoms with van der Waals surface area (Å²) in [4.78, 5) is 16.9. The van der Waals surface area contributed by atoms with Crippen LogP contribution < -0.4 is 5.32 Å². The maximum atomic E-state index is 12.6. The van der Waals surface area contributed by atoms with Crippen molar-refractivity contribution >= 4 is 11.6 Å². The van der Waals surface area contributed by atoms with E-state index in [-0.39, 0.29) is 12.5 Å². The van der Waals surface area contributed by atoms with Crippen LogP contribution in [0.2, 0.25) is 0 Å². The number of benzene rings is 2. The number of nitrogens with one attached hydrogen (secondary N) is 1. The molecule has 1 amide bonds. The minimum absolute atomic E-state index is 0.110. The average Bonchev–Trinajstić information content (AvgIpc) is 3.17. The van der Waals surface area contributed by atoms with Crippen LogP contribution in [-0.2, 0) is 0 Å². The molecule has 1 atom stereocenters. The van der Waals surface area contributed by atoms with E-state index in [1.54, 1.807) is 10.7 Å². The summed E-state index contributed by atoms with van der Waals surface area (Å²) in [5.41, 5.74) is 3.43. The molecule has 6 nitrogen and oxygen atoms in total. The smallest absolute Gasteiger partial charge is 0.256 e. The maximum absolute atomic E-state index is 12.6. The highest BCUT2D eigenvalue weighted by atomic mass is 16.3. The van der Waals surface area contributed by atoms with Gasteiger partial charge in [-0.1, -0.05) is 60.7 Å². The fraction of sp³-hybridized carbons (Fsp3) is 0.0952. The molecule has 0 aliphatic rings. The van der Waals surface area contributed by atoms with Crippen molar-refractivity contribution in [1.29, 1.82) is 0 Å². The number of carbonyl (C=O) groups is 1. The molecule has 0 saturated carbocycles. The van der Waals surface area contributed by atoms with E-state index in [9.17, 15) is 9.90 Å². The topological polar surface area (TPSA) is 79.5 Å². The number of fused-ring (bicyclic) bond motifs is 1. The van der Waals surface area contributed by atoms with Gasteiger partial charge in [0.25, 0.3) is 5.91 Å². The van der Waals surface area contributed by atoms with Crippen molar-refractivity contribution < 1.29 is 9.90 Å². The predicted octanol–water partition coefficient (Wildman–Crippen LogP) is 2.86. The first-order valence-corrected chi connectivity index (χ1v) is 8.63. The van der Waals surface area contributed by atoms with Crippen molar-refractivity contribution in [3.8, 4) is 11.3 Å². The summed E-state index contributed by atoms with van der Waals surface area (Å²) >= 11 is 0. The van der Waals surface area contributed by atoms with Crippen LogP contribution in [0.3, 0.4) is 0 Å². The van der Waals surface area contributed by atoms with Crippen molar-refractivity contribution in [2.24, 2.45) is 0 Å². The molecule has 0 saturated heterocycles. The van der Waals surface area contributed by atoms with Crippen molar-refractivity contribution in [1.82, 2.24) is 19.9 Å². The Morgan fingerprint density at radius 3 is 2.48 bits per heavy atom. The van der Waals surface area contributed by atoms with E-state index < -0.39 is 6.10 Å². The van der Waals surface area contributed by atoms with Gasteiger partial charge in [-0.25, -0.2) is 9.50 Å². The molecule has 0 fully saturated rings. The van der Waals surface area contributed by atoms with E-state index in [0.29, 0.717) is 11.2 Å². The molecule has 0 unspecified atom stereocenters. The molecule has 4 rings (SSSR count). The van der Waals surface area contributed by atoms with E-state index in [2.05, 4.69) is 15.4 Å². The van der Waals surface area contributed by atoms with Gasteiger partial charge in [0.05, 0.1) is 18.0 Å². The lowest BCUT2D eigenvalue weighted by Crippen LogP contribution is -2.28. The first-order valence-electron chi connectivity index (χ1n) is 8.63. The highest BCUT2D eigenvalue weighted by Crippen LogP contribution is 2.20. The molecular formula is C21H18N4O2. The first-order chi connectivity index (χ1) is 13.2. The second-order valence-corrected chi connectivity index (χ2v) is 6.13. The number of aromatic nitrogens is 3. The highest BCUT2D eigenvalue weighted by Gasteiger charge is 2.17. The van der Waals surface area contributed by atoms with E-state index >= 15 is 0 Å². The third-order valence-corrected chi connectivity index (χ3v) is 4.36. The number of hydrogen-bond acceptors (Lipinski definition) is 4. The van der Waals surface area contributed by atoms with Gasteiger partial charge < -0.3 is 10.4 Å². The van der Waals surface area contributed by atoms with Gasteiger partial charge in [-0.3, -0.25) is 4.79 Å². The van der Waals surface area contributed by atoms with Crippen molar-refractivity contribution in [3.05, 3.63) is 90.3 Å². The summed E-state index contributed by atoms with van der Waals surface area (Å²) in [6.07, 6.45) is 2.39. The molecule has 4 aromatic rings. The number of rotatable bonds is 5. The standard InChI is InChI=1S/C21H18N4O2/c26-19(16-9-5-2-6-10-16)14-23-21(27)17-13-24-25-18(11-12-22-20(17)25)15-7-3-1-4-8-15/h1-13,19,26H,14H2,(H,23,27)/t19-/m0/s1. The molecule has 0 aliphatic carbocycles. The first kappa shape index (κ1) is 16.9. The number of aliphatic hydroxyl groups is 1. The molecule has 6 heteroatoms. The lowest BCUT2D eigenvalue weighted by Gasteiger charge is -2.11. The quantitative estimate of drug-likeness (QED) is 0.575. The molecule has 0 radical (unpaired) electrons. The molecule has 2 aromatic heterocycles. The van der Waals surface area contributed by atoms with Crippen LogP contribution in [0.15, 0.2) is 79.1 Å². The van der Waals surface area contributed by atoms with Crippen molar-refractivity contribution in [2.75, 3.05) is 6.54 Å². The van der Waals surface area contributed by atoms with Gasteiger partial charge in [-0.05, 0) is 11.6 Å². The molecule has 0 aliphatic heterocycles. The zero-order chi connectivity index (χ0) is 18.6. The molecule has 134 valence electrons. The number of aliphatic hydroxyl groups excluding tert-OH is 1. The second-order valence-electron chi connectivity index (χ2n) is 6.13. The zero-order valence-electron chi connectivity index (χ0n) is 14.5. The Hall–Kier alpha value is -3.51. The third-order valence-electron chi connectivity index (χ3n) is 4.36. The summed E-state index contributed by atoms with van der Waals surface area (Å²) < 4.78 is 1.65. The van der Waals surface area contributed by atoms with E-state index in [4.69, 9.17) is 0 Å². The van der Waals surface area contributed by atoms with Gasteiger partial charge >= 0.3 is 0 Å². The van der Waals surface area contributed by atoms with E-state index in [1.807, 2.05) is 66.7 Å². The van der Waals surface area contributed by atoms with E-state index in [0.717, 1.165) is 16.8 Å². The zero-order valence-corrected chi connectivity index (χ0v) is 14.5. The van der Waals surface area contributed by atoms with Gasteiger partial charge in [0, 0.05) is 18.3 Å². The largest absolute Gasteiger partial charge is 0.387 e. The number of hydrogen-bond donors (Lipinski definition) is 2. The minimum atomic E-state index is -0.773. The molecular weight excluding hydrogens is 340 g/mol. The van der Waals surface area contributed by atoms with Crippen LogP contribution in [0.5, 0.6) is 0 Å². The Bertz CT molecular complexity index is 1060. The van der Waals surface area contributed by atoms with Gasteiger partial charge in [-0.15, -0.1) is 0 Å². The van der Waals surface area contributed by atoms with Gasteiger partial charge in [0.2, 0.25) is 0 Å². The van der Waals surface area contributed by atoms with Gasteiger partial charge in [0.1, 0.15) is 5.56 Å². The SMILES string of the molecule is O=C(NC[C@H](O)c1ccccc1)c1cnn2c(-c3ccccc3)ccnc12. The Labute approximate surface area is 156 Å². The normalized spacial score (nSPS) is 12.0. The van der Waals surface area contributed by atoms with E-state index in [1.165, 1.54) is 6.20 Å². The van der Waals surface area contributed by atoms with Gasteiger partial charge in [0.15, 0.2) is 5.65 Å². The highest BCUT2D eigenvalue weighted by molar-refractivity contribution is 5.99. The molecule has 27 heavy (non-hydrogen) atoms. The summed E-state index contributed by atoms with van der Waals surface area (Å²) in [6, 6.07) is 20.9. The molecule has 0 bridgehead atoms. The van der Waals surface area contributed by atoms with Gasteiger partial charge in [-0.2, -0.15) is 5.10 Å². The van der Waals surface area contributed by atoms with Crippen molar-refractivity contribution in [2.45, 2.75) is 6.10 Å². The number of nitrogens with zero attached hydrogens (tertiary/aromatic N) is 3. The predicted molar refractivity (Wildman–Crippen MR) is 102 cm³/mol. The molecule has 2 heterocycles. The maximum Gasteiger partial charge on any atom is 0.256 e. The Kier molecular flexibility index (Phi) is 4.63. The fourth-order valence-electron chi connectivity index (χ4n) is 2.96. The monoisotopic (exact) mass is 358 g/mol. The molecule has 2 aromatic carbocycles.